The second kappa shape index (κ2) is 7.42. The lowest BCUT2D eigenvalue weighted by atomic mass is 10.1. The number of benzene rings is 1. The summed E-state index contributed by atoms with van der Waals surface area (Å²) in [5.74, 6) is 2.00. The maximum atomic E-state index is 13.1. The molecule has 31 heavy (non-hydrogen) atoms. The lowest BCUT2D eigenvalue weighted by molar-refractivity contribution is 0.102. The topological polar surface area (TPSA) is 104 Å². The Labute approximate surface area is 178 Å². The molecule has 1 aliphatic rings. The Hall–Kier alpha value is -3.88. The number of amides is 1. The summed E-state index contributed by atoms with van der Waals surface area (Å²) in [4.78, 5) is 18.0. The van der Waals surface area contributed by atoms with Crippen LogP contribution in [0.25, 0.3) is 22.3 Å². The molecule has 1 aliphatic heterocycles. The molecule has 4 heterocycles. The van der Waals surface area contributed by atoms with E-state index in [1.807, 2.05) is 32.0 Å². The molecule has 0 saturated heterocycles. The zero-order valence-corrected chi connectivity index (χ0v) is 17.4. The Kier molecular flexibility index (Phi) is 4.58. The van der Waals surface area contributed by atoms with E-state index in [1.165, 1.54) is 0 Å². The zero-order valence-electron chi connectivity index (χ0n) is 17.4. The Morgan fingerprint density at radius 2 is 1.94 bits per heavy atom. The summed E-state index contributed by atoms with van der Waals surface area (Å²) in [6.45, 7) is 6.81. The van der Waals surface area contributed by atoms with E-state index in [0.717, 1.165) is 5.56 Å². The standard InChI is InChI=1S/C22H21N5O4/c1-12(2)27-21-16(11-23-27)15(22(28)25-20-8-13(3)31-26-20)10-17(24-21)14-4-5-18-19(9-14)30-7-6-29-18/h4-5,8-12H,6-7H2,1-3H3,(H,25,26,28). The van der Waals surface area contributed by atoms with Crippen LogP contribution in [0.3, 0.4) is 0 Å². The smallest absolute Gasteiger partial charge is 0.257 e. The number of carbonyl (C=O) groups excluding carboxylic acids is 1. The van der Waals surface area contributed by atoms with Crippen molar-refractivity contribution in [3.05, 3.63) is 47.9 Å². The first-order valence-electron chi connectivity index (χ1n) is 10.0. The van der Waals surface area contributed by atoms with Crippen molar-refractivity contribution in [3.63, 3.8) is 0 Å². The largest absolute Gasteiger partial charge is 0.486 e. The minimum Gasteiger partial charge on any atom is -0.486 e. The van der Waals surface area contributed by atoms with E-state index in [-0.39, 0.29) is 11.9 Å². The molecule has 0 saturated carbocycles. The maximum absolute atomic E-state index is 13.1. The summed E-state index contributed by atoms with van der Waals surface area (Å²) < 4.78 is 18.2. The van der Waals surface area contributed by atoms with Gasteiger partial charge in [0.2, 0.25) is 0 Å². The SMILES string of the molecule is Cc1cc(NC(=O)c2cc(-c3ccc4c(c3)OCCO4)nc3c2cnn3C(C)C)no1. The Balaban J connectivity index is 1.63. The molecule has 4 aromatic rings. The molecule has 0 radical (unpaired) electrons. The lowest BCUT2D eigenvalue weighted by Crippen LogP contribution is -2.15. The quantitative estimate of drug-likeness (QED) is 0.533. The third-order valence-electron chi connectivity index (χ3n) is 5.01. The Bertz CT molecular complexity index is 1290. The minimum atomic E-state index is -0.317. The molecule has 0 spiro atoms. The van der Waals surface area contributed by atoms with Crippen molar-refractivity contribution in [1.29, 1.82) is 0 Å². The molecule has 0 bridgehead atoms. The van der Waals surface area contributed by atoms with Crippen LogP contribution in [-0.4, -0.2) is 39.0 Å². The van der Waals surface area contributed by atoms with Gasteiger partial charge < -0.3 is 19.3 Å². The van der Waals surface area contributed by atoms with Crippen LogP contribution in [-0.2, 0) is 0 Å². The summed E-state index contributed by atoms with van der Waals surface area (Å²) in [5.41, 5.74) is 2.52. The van der Waals surface area contributed by atoms with Gasteiger partial charge in [0.15, 0.2) is 23.0 Å². The number of carbonyl (C=O) groups is 1. The molecular formula is C22H21N5O4. The molecule has 158 valence electrons. The summed E-state index contributed by atoms with van der Waals surface area (Å²) in [7, 11) is 0. The predicted octanol–water partition coefficient (Wildman–Crippen LogP) is 4.00. The van der Waals surface area contributed by atoms with Crippen LogP contribution in [0.15, 0.2) is 41.1 Å². The van der Waals surface area contributed by atoms with Gasteiger partial charge in [0, 0.05) is 17.7 Å². The highest BCUT2D eigenvalue weighted by atomic mass is 16.6. The van der Waals surface area contributed by atoms with Crippen LogP contribution in [0.2, 0.25) is 0 Å². The number of rotatable bonds is 4. The van der Waals surface area contributed by atoms with E-state index in [2.05, 4.69) is 15.6 Å². The molecule has 9 nitrogen and oxygen atoms in total. The Morgan fingerprint density at radius 1 is 1.13 bits per heavy atom. The highest BCUT2D eigenvalue weighted by Gasteiger charge is 2.21. The second-order valence-corrected chi connectivity index (χ2v) is 7.61. The van der Waals surface area contributed by atoms with Crippen molar-refractivity contribution in [3.8, 4) is 22.8 Å². The van der Waals surface area contributed by atoms with Gasteiger partial charge in [-0.15, -0.1) is 0 Å². The first kappa shape index (κ1) is 19.1. The highest BCUT2D eigenvalue weighted by molar-refractivity contribution is 6.12. The van der Waals surface area contributed by atoms with Crippen molar-refractivity contribution in [1.82, 2.24) is 19.9 Å². The highest BCUT2D eigenvalue weighted by Crippen LogP contribution is 2.35. The van der Waals surface area contributed by atoms with Crippen LogP contribution in [0.1, 0.15) is 36.0 Å². The van der Waals surface area contributed by atoms with Crippen molar-refractivity contribution >= 4 is 22.8 Å². The number of aromatic nitrogens is 4. The molecule has 0 aliphatic carbocycles. The second-order valence-electron chi connectivity index (χ2n) is 7.61. The number of nitrogens with one attached hydrogen (secondary N) is 1. The number of ether oxygens (including phenoxy) is 2. The van der Waals surface area contributed by atoms with Crippen molar-refractivity contribution in [2.75, 3.05) is 18.5 Å². The normalized spacial score (nSPS) is 13.0. The van der Waals surface area contributed by atoms with Crippen LogP contribution >= 0.6 is 0 Å². The molecule has 3 aromatic heterocycles. The van der Waals surface area contributed by atoms with Crippen LogP contribution in [0.5, 0.6) is 11.5 Å². The zero-order chi connectivity index (χ0) is 21.5. The molecule has 9 heteroatoms. The summed E-state index contributed by atoms with van der Waals surface area (Å²) in [6, 6.07) is 9.13. The van der Waals surface area contributed by atoms with E-state index in [1.54, 1.807) is 29.9 Å². The molecule has 0 unspecified atom stereocenters. The first-order chi connectivity index (χ1) is 15.0. The van der Waals surface area contributed by atoms with Gasteiger partial charge in [-0.05, 0) is 45.0 Å². The molecule has 5 rings (SSSR count). The predicted molar refractivity (Wildman–Crippen MR) is 114 cm³/mol. The molecule has 1 amide bonds. The average Bonchev–Trinajstić information content (AvgIpc) is 3.38. The van der Waals surface area contributed by atoms with Crippen LogP contribution in [0.4, 0.5) is 5.82 Å². The van der Waals surface area contributed by atoms with Gasteiger partial charge in [0.25, 0.3) is 5.91 Å². The van der Waals surface area contributed by atoms with Gasteiger partial charge >= 0.3 is 0 Å². The third kappa shape index (κ3) is 3.48. The van der Waals surface area contributed by atoms with E-state index in [9.17, 15) is 4.79 Å². The first-order valence-corrected chi connectivity index (χ1v) is 10.0. The van der Waals surface area contributed by atoms with Crippen molar-refractivity contribution in [2.24, 2.45) is 0 Å². The number of pyridine rings is 1. The maximum Gasteiger partial charge on any atom is 0.257 e. The van der Waals surface area contributed by atoms with Gasteiger partial charge in [-0.25, -0.2) is 9.67 Å². The van der Waals surface area contributed by atoms with Gasteiger partial charge in [0.1, 0.15) is 19.0 Å². The number of anilines is 1. The van der Waals surface area contributed by atoms with Crippen LogP contribution < -0.4 is 14.8 Å². The monoisotopic (exact) mass is 419 g/mol. The van der Waals surface area contributed by atoms with E-state index in [4.69, 9.17) is 19.0 Å². The van der Waals surface area contributed by atoms with Gasteiger partial charge in [-0.2, -0.15) is 5.10 Å². The molecular weight excluding hydrogens is 398 g/mol. The molecule has 1 N–H and O–H groups in total. The minimum absolute atomic E-state index is 0.0783. The summed E-state index contributed by atoms with van der Waals surface area (Å²) >= 11 is 0. The Morgan fingerprint density at radius 3 is 2.68 bits per heavy atom. The molecule has 0 fully saturated rings. The summed E-state index contributed by atoms with van der Waals surface area (Å²) in [5, 5.41) is 11.7. The van der Waals surface area contributed by atoms with Gasteiger partial charge in [-0.3, -0.25) is 4.79 Å². The van der Waals surface area contributed by atoms with E-state index >= 15 is 0 Å². The van der Waals surface area contributed by atoms with Crippen molar-refractivity contribution < 1.29 is 18.8 Å². The van der Waals surface area contributed by atoms with Crippen LogP contribution in [0, 0.1) is 6.92 Å². The average molecular weight is 419 g/mol. The summed E-state index contributed by atoms with van der Waals surface area (Å²) in [6.07, 6.45) is 1.67. The fraction of sp³-hybridized carbons (Fsp3) is 0.273. The number of nitrogens with zero attached hydrogens (tertiary/aromatic N) is 4. The van der Waals surface area contributed by atoms with Gasteiger partial charge in [-0.1, -0.05) is 5.16 Å². The number of hydrogen-bond acceptors (Lipinski definition) is 7. The van der Waals surface area contributed by atoms with Gasteiger partial charge in [0.05, 0.1) is 22.8 Å². The number of hydrogen-bond donors (Lipinski definition) is 1. The number of aryl methyl sites for hydroxylation is 1. The molecule has 0 atom stereocenters. The molecule has 1 aromatic carbocycles. The number of fused-ring (bicyclic) bond motifs is 2. The van der Waals surface area contributed by atoms with E-state index < -0.39 is 0 Å². The fourth-order valence-corrected chi connectivity index (χ4v) is 3.54. The van der Waals surface area contributed by atoms with Crippen molar-refractivity contribution in [2.45, 2.75) is 26.8 Å². The lowest BCUT2D eigenvalue weighted by Gasteiger charge is -2.19. The van der Waals surface area contributed by atoms with E-state index in [0.29, 0.717) is 58.6 Å². The fourth-order valence-electron chi connectivity index (χ4n) is 3.54. The third-order valence-corrected chi connectivity index (χ3v) is 5.01.